The van der Waals surface area contributed by atoms with Crippen LogP contribution in [0.25, 0.3) is 11.3 Å². The van der Waals surface area contributed by atoms with Crippen LogP contribution in [0.3, 0.4) is 0 Å². The maximum Gasteiger partial charge on any atom is 0.0416 e. The predicted molar refractivity (Wildman–Crippen MR) is 90.7 cm³/mol. The molecule has 0 spiro atoms. The maximum atomic E-state index is 4.30. The van der Waals surface area contributed by atoms with Crippen molar-refractivity contribution >= 4 is 11.3 Å². The van der Waals surface area contributed by atoms with Crippen molar-refractivity contribution in [3.05, 3.63) is 77.6 Å². The highest BCUT2D eigenvalue weighted by Crippen LogP contribution is 2.20. The summed E-state index contributed by atoms with van der Waals surface area (Å²) in [7, 11) is 0. The van der Waals surface area contributed by atoms with Crippen molar-refractivity contribution in [2.24, 2.45) is 0 Å². The van der Waals surface area contributed by atoms with Crippen LogP contribution in [0.15, 0.2) is 49.7 Å². The molecule has 1 N–H and O–H groups in total. The number of pyridine rings is 1. The first kappa shape index (κ1) is 15.0. The molecule has 0 saturated carbocycles. The van der Waals surface area contributed by atoms with Gasteiger partial charge in [-0.3, -0.25) is 4.98 Å². The van der Waals surface area contributed by atoms with E-state index >= 15 is 0 Å². The molecule has 0 saturated heterocycles. The Morgan fingerprint density at radius 3 is 2.43 bits per heavy atom. The van der Waals surface area contributed by atoms with Gasteiger partial charge in [0.1, 0.15) is 0 Å². The van der Waals surface area contributed by atoms with Crippen LogP contribution in [-0.4, -0.2) is 4.98 Å². The number of nitrogens with one attached hydrogen (secondary N) is 1. The van der Waals surface area contributed by atoms with Crippen LogP contribution >= 0.6 is 0 Å². The topological polar surface area (TPSA) is 24.9 Å². The number of allylic oxidation sites excluding steroid dienone is 1. The van der Waals surface area contributed by atoms with E-state index < -0.39 is 0 Å². The summed E-state index contributed by atoms with van der Waals surface area (Å²) in [5, 5.41) is 3.36. The van der Waals surface area contributed by atoms with Crippen LogP contribution in [0.5, 0.6) is 0 Å². The number of rotatable bonds is 5. The van der Waals surface area contributed by atoms with Gasteiger partial charge in [0.15, 0.2) is 0 Å². The van der Waals surface area contributed by atoms with E-state index in [1.807, 2.05) is 26.1 Å². The standard InChI is InChI=1S/C19H22N2/c1-13(2)18-8-14(3)9-19(10-18)16(5)21-12-17-7-6-15(4)20-11-17/h6-11,21H,1,5,12H2,2-4H3. The third kappa shape index (κ3) is 4.06. The van der Waals surface area contributed by atoms with Gasteiger partial charge in [-0.05, 0) is 61.2 Å². The molecule has 0 bridgehead atoms. The molecule has 0 radical (unpaired) electrons. The third-order valence-electron chi connectivity index (χ3n) is 3.40. The van der Waals surface area contributed by atoms with Crippen molar-refractivity contribution in [3.8, 4) is 0 Å². The van der Waals surface area contributed by atoms with Gasteiger partial charge in [0.25, 0.3) is 0 Å². The highest BCUT2D eigenvalue weighted by atomic mass is 14.9. The number of hydrogen-bond acceptors (Lipinski definition) is 2. The van der Waals surface area contributed by atoms with Gasteiger partial charge in [0.2, 0.25) is 0 Å². The fourth-order valence-electron chi connectivity index (χ4n) is 2.12. The molecule has 1 heterocycles. The minimum absolute atomic E-state index is 0.725. The van der Waals surface area contributed by atoms with Crippen molar-refractivity contribution in [1.82, 2.24) is 10.3 Å². The number of benzene rings is 1. The normalized spacial score (nSPS) is 10.2. The lowest BCUT2D eigenvalue weighted by Crippen LogP contribution is -2.11. The molecule has 108 valence electrons. The zero-order valence-electron chi connectivity index (χ0n) is 13.0. The quantitative estimate of drug-likeness (QED) is 0.871. The van der Waals surface area contributed by atoms with E-state index in [2.05, 4.69) is 54.6 Å². The van der Waals surface area contributed by atoms with Crippen molar-refractivity contribution in [3.63, 3.8) is 0 Å². The number of aromatic nitrogens is 1. The lowest BCUT2D eigenvalue weighted by atomic mass is 10.0. The Morgan fingerprint density at radius 2 is 1.81 bits per heavy atom. The Bertz CT molecular complexity index is 666. The van der Waals surface area contributed by atoms with Crippen LogP contribution < -0.4 is 5.32 Å². The largest absolute Gasteiger partial charge is 0.381 e. The summed E-state index contributed by atoms with van der Waals surface area (Å²) >= 11 is 0. The Balaban J connectivity index is 2.09. The molecule has 1 aromatic heterocycles. The number of hydrogen-bond donors (Lipinski definition) is 1. The van der Waals surface area contributed by atoms with E-state index in [-0.39, 0.29) is 0 Å². The van der Waals surface area contributed by atoms with Crippen molar-refractivity contribution in [1.29, 1.82) is 0 Å². The zero-order chi connectivity index (χ0) is 15.4. The maximum absolute atomic E-state index is 4.30. The van der Waals surface area contributed by atoms with Crippen molar-refractivity contribution < 1.29 is 0 Å². The summed E-state index contributed by atoms with van der Waals surface area (Å²) < 4.78 is 0. The summed E-state index contributed by atoms with van der Waals surface area (Å²) in [6.45, 7) is 15.0. The average molecular weight is 278 g/mol. The summed E-state index contributed by atoms with van der Waals surface area (Å²) in [6.07, 6.45) is 1.89. The second-order valence-corrected chi connectivity index (χ2v) is 5.51. The van der Waals surface area contributed by atoms with Crippen LogP contribution in [-0.2, 0) is 6.54 Å². The SMILES string of the molecule is C=C(C)c1cc(C)cc(C(=C)NCc2ccc(C)nc2)c1. The van der Waals surface area contributed by atoms with E-state index in [0.717, 1.165) is 40.2 Å². The number of aryl methyl sites for hydroxylation is 2. The Kier molecular flexibility index (Phi) is 4.59. The van der Waals surface area contributed by atoms with Crippen LogP contribution in [0.1, 0.15) is 34.9 Å². The first-order valence-corrected chi connectivity index (χ1v) is 7.08. The fourth-order valence-corrected chi connectivity index (χ4v) is 2.12. The lowest BCUT2D eigenvalue weighted by molar-refractivity contribution is 0.881. The zero-order valence-corrected chi connectivity index (χ0v) is 13.0. The summed E-state index contributed by atoms with van der Waals surface area (Å²) in [5.74, 6) is 0. The predicted octanol–water partition coefficient (Wildman–Crippen LogP) is 4.49. The molecule has 1 aromatic carbocycles. The van der Waals surface area contributed by atoms with Crippen molar-refractivity contribution in [2.75, 3.05) is 0 Å². The van der Waals surface area contributed by atoms with Crippen LogP contribution in [0, 0.1) is 13.8 Å². The van der Waals surface area contributed by atoms with Gasteiger partial charge >= 0.3 is 0 Å². The number of nitrogens with zero attached hydrogens (tertiary/aromatic N) is 1. The fraction of sp³-hybridized carbons (Fsp3) is 0.211. The first-order chi connectivity index (χ1) is 9.95. The average Bonchev–Trinajstić information content (AvgIpc) is 2.45. The minimum atomic E-state index is 0.725. The van der Waals surface area contributed by atoms with E-state index in [4.69, 9.17) is 0 Å². The molecule has 2 rings (SSSR count). The summed E-state index contributed by atoms with van der Waals surface area (Å²) in [5.41, 5.74) is 7.64. The highest BCUT2D eigenvalue weighted by molar-refractivity contribution is 5.70. The van der Waals surface area contributed by atoms with Gasteiger partial charge in [-0.2, -0.15) is 0 Å². The van der Waals surface area contributed by atoms with Gasteiger partial charge < -0.3 is 5.32 Å². The highest BCUT2D eigenvalue weighted by Gasteiger charge is 2.03. The third-order valence-corrected chi connectivity index (χ3v) is 3.40. The van der Waals surface area contributed by atoms with Crippen molar-refractivity contribution in [2.45, 2.75) is 27.3 Å². The molecule has 2 nitrogen and oxygen atoms in total. The van der Waals surface area contributed by atoms with Crippen LogP contribution in [0.2, 0.25) is 0 Å². The molecule has 0 unspecified atom stereocenters. The van der Waals surface area contributed by atoms with E-state index in [9.17, 15) is 0 Å². The second kappa shape index (κ2) is 6.40. The first-order valence-electron chi connectivity index (χ1n) is 7.08. The monoisotopic (exact) mass is 278 g/mol. The van der Waals surface area contributed by atoms with Gasteiger partial charge in [0.05, 0.1) is 0 Å². The Morgan fingerprint density at radius 1 is 1.10 bits per heavy atom. The Labute approximate surface area is 127 Å². The van der Waals surface area contributed by atoms with Gasteiger partial charge in [-0.1, -0.05) is 30.9 Å². The van der Waals surface area contributed by atoms with E-state index in [1.54, 1.807) is 0 Å². The van der Waals surface area contributed by atoms with Gasteiger partial charge in [-0.15, -0.1) is 0 Å². The molecule has 2 aromatic rings. The van der Waals surface area contributed by atoms with Gasteiger partial charge in [-0.25, -0.2) is 0 Å². The smallest absolute Gasteiger partial charge is 0.0416 e. The summed E-state index contributed by atoms with van der Waals surface area (Å²) in [4.78, 5) is 4.30. The molecule has 0 aliphatic carbocycles. The molecule has 21 heavy (non-hydrogen) atoms. The second-order valence-electron chi connectivity index (χ2n) is 5.51. The van der Waals surface area contributed by atoms with Crippen LogP contribution in [0.4, 0.5) is 0 Å². The molecule has 0 atom stereocenters. The van der Waals surface area contributed by atoms with Gasteiger partial charge in [0, 0.05) is 24.1 Å². The molecule has 0 fully saturated rings. The molecule has 0 amide bonds. The summed E-state index contributed by atoms with van der Waals surface area (Å²) in [6, 6.07) is 10.5. The molecular formula is C19H22N2. The van der Waals surface area contributed by atoms with E-state index in [1.165, 1.54) is 5.56 Å². The Hall–Kier alpha value is -2.35. The molecular weight excluding hydrogens is 256 g/mol. The minimum Gasteiger partial charge on any atom is -0.381 e. The van der Waals surface area contributed by atoms with E-state index in [0.29, 0.717) is 0 Å². The molecule has 0 aliphatic heterocycles. The molecule has 0 aliphatic rings. The molecule has 2 heteroatoms. The lowest BCUT2D eigenvalue weighted by Gasteiger charge is -2.12.